The van der Waals surface area contributed by atoms with E-state index in [0.717, 1.165) is 11.1 Å². The van der Waals surface area contributed by atoms with E-state index in [1.54, 1.807) is 18.2 Å². The van der Waals surface area contributed by atoms with Crippen molar-refractivity contribution in [1.29, 1.82) is 0 Å². The number of benzene rings is 2. The van der Waals surface area contributed by atoms with Gasteiger partial charge in [0, 0.05) is 18.5 Å². The van der Waals surface area contributed by atoms with Crippen LogP contribution in [0.25, 0.3) is 0 Å². The number of halogens is 1. The summed E-state index contributed by atoms with van der Waals surface area (Å²) in [7, 11) is 1.34. The molecule has 2 aromatic carbocycles. The standard InChI is InChI=1S/C19H16ClNO4/c1-24-19(23)11-5-6-13-15(7-8-25-16(13)9-11)21-10-12-3-2-4-14(20)17(12)18(21)22/h2-6,9,15H,7-8,10H2,1H3/t15-/m1/s1. The summed E-state index contributed by atoms with van der Waals surface area (Å²) in [6.45, 7) is 1.01. The summed E-state index contributed by atoms with van der Waals surface area (Å²) < 4.78 is 10.5. The molecule has 1 atom stereocenters. The minimum atomic E-state index is -0.412. The number of rotatable bonds is 2. The molecule has 0 radical (unpaired) electrons. The summed E-state index contributed by atoms with van der Waals surface area (Å²) in [6, 6.07) is 10.6. The summed E-state index contributed by atoms with van der Waals surface area (Å²) in [4.78, 5) is 26.4. The molecular formula is C19H16ClNO4. The van der Waals surface area contributed by atoms with Gasteiger partial charge in [0.25, 0.3) is 5.91 Å². The van der Waals surface area contributed by atoms with Gasteiger partial charge < -0.3 is 14.4 Å². The maximum Gasteiger partial charge on any atom is 0.337 e. The lowest BCUT2D eigenvalue weighted by atomic mass is 9.97. The molecule has 0 spiro atoms. The van der Waals surface area contributed by atoms with Crippen LogP contribution in [0.3, 0.4) is 0 Å². The van der Waals surface area contributed by atoms with Crippen LogP contribution in [0.5, 0.6) is 5.75 Å². The second-order valence-electron chi connectivity index (χ2n) is 6.10. The van der Waals surface area contributed by atoms with Gasteiger partial charge in [0.05, 0.1) is 35.9 Å². The quantitative estimate of drug-likeness (QED) is 0.770. The second-order valence-corrected chi connectivity index (χ2v) is 6.51. The Balaban J connectivity index is 1.70. The zero-order valence-electron chi connectivity index (χ0n) is 13.6. The molecule has 0 N–H and O–H groups in total. The molecule has 0 bridgehead atoms. The van der Waals surface area contributed by atoms with E-state index in [9.17, 15) is 9.59 Å². The SMILES string of the molecule is COC(=O)c1ccc2c(c1)OCC[C@H]2N1Cc2cccc(Cl)c2C1=O. The number of ether oxygens (including phenoxy) is 2. The van der Waals surface area contributed by atoms with Gasteiger partial charge in [0.1, 0.15) is 5.75 Å². The highest BCUT2D eigenvalue weighted by atomic mass is 35.5. The van der Waals surface area contributed by atoms with Gasteiger partial charge in [-0.05, 0) is 23.8 Å². The van der Waals surface area contributed by atoms with Crippen molar-refractivity contribution in [2.75, 3.05) is 13.7 Å². The Kier molecular flexibility index (Phi) is 3.88. The second kappa shape index (κ2) is 6.08. The molecule has 128 valence electrons. The van der Waals surface area contributed by atoms with Crippen molar-refractivity contribution in [2.45, 2.75) is 19.0 Å². The van der Waals surface area contributed by atoms with Gasteiger partial charge >= 0.3 is 5.97 Å². The van der Waals surface area contributed by atoms with Crippen molar-refractivity contribution in [3.8, 4) is 5.75 Å². The van der Waals surface area contributed by atoms with Crippen molar-refractivity contribution in [2.24, 2.45) is 0 Å². The van der Waals surface area contributed by atoms with E-state index in [1.165, 1.54) is 7.11 Å². The smallest absolute Gasteiger partial charge is 0.337 e. The number of amides is 1. The summed E-state index contributed by atoms with van der Waals surface area (Å²) >= 11 is 6.22. The van der Waals surface area contributed by atoms with Crippen LogP contribution >= 0.6 is 11.6 Å². The third kappa shape index (κ3) is 2.55. The molecule has 0 saturated carbocycles. The molecule has 5 nitrogen and oxygen atoms in total. The number of hydrogen-bond acceptors (Lipinski definition) is 4. The van der Waals surface area contributed by atoms with Gasteiger partial charge in [-0.25, -0.2) is 4.79 Å². The van der Waals surface area contributed by atoms with Gasteiger partial charge in [-0.2, -0.15) is 0 Å². The lowest BCUT2D eigenvalue weighted by Gasteiger charge is -2.33. The van der Waals surface area contributed by atoms with Crippen LogP contribution in [0.4, 0.5) is 0 Å². The normalized spacial score (nSPS) is 18.4. The van der Waals surface area contributed by atoms with Crippen LogP contribution in [-0.2, 0) is 11.3 Å². The van der Waals surface area contributed by atoms with E-state index in [2.05, 4.69) is 0 Å². The van der Waals surface area contributed by atoms with Crippen LogP contribution in [0.15, 0.2) is 36.4 Å². The molecule has 1 amide bonds. The van der Waals surface area contributed by atoms with Crippen molar-refractivity contribution in [3.63, 3.8) is 0 Å². The molecule has 6 heteroatoms. The van der Waals surface area contributed by atoms with E-state index in [1.807, 2.05) is 23.1 Å². The van der Waals surface area contributed by atoms with E-state index >= 15 is 0 Å². The van der Waals surface area contributed by atoms with E-state index < -0.39 is 5.97 Å². The van der Waals surface area contributed by atoms with Crippen molar-refractivity contribution in [3.05, 3.63) is 63.7 Å². The summed E-state index contributed by atoms with van der Waals surface area (Å²) in [5.74, 6) is 0.148. The minimum Gasteiger partial charge on any atom is -0.493 e. The average molecular weight is 358 g/mol. The number of carbonyl (C=O) groups is 2. The number of hydrogen-bond donors (Lipinski definition) is 0. The highest BCUT2D eigenvalue weighted by Gasteiger charge is 2.37. The molecule has 0 saturated heterocycles. The molecule has 0 fully saturated rings. The van der Waals surface area contributed by atoms with Crippen LogP contribution in [0, 0.1) is 0 Å². The first kappa shape index (κ1) is 16.0. The van der Waals surface area contributed by atoms with Gasteiger partial charge in [0.15, 0.2) is 0 Å². The first-order valence-corrected chi connectivity index (χ1v) is 8.41. The van der Waals surface area contributed by atoms with Crippen molar-refractivity contribution >= 4 is 23.5 Å². The van der Waals surface area contributed by atoms with Gasteiger partial charge in [0.2, 0.25) is 0 Å². The summed E-state index contributed by atoms with van der Waals surface area (Å²) in [5.41, 5.74) is 2.86. The number of methoxy groups -OCH3 is 1. The van der Waals surface area contributed by atoms with E-state index in [4.69, 9.17) is 21.1 Å². The monoisotopic (exact) mass is 357 g/mol. The lowest BCUT2D eigenvalue weighted by Crippen LogP contribution is -2.33. The first-order valence-electron chi connectivity index (χ1n) is 8.03. The van der Waals surface area contributed by atoms with E-state index in [0.29, 0.717) is 41.5 Å². The van der Waals surface area contributed by atoms with Crippen LogP contribution in [0.1, 0.15) is 44.3 Å². The third-order valence-electron chi connectivity index (χ3n) is 4.73. The Morgan fingerprint density at radius 2 is 2.16 bits per heavy atom. The molecule has 2 heterocycles. The Morgan fingerprint density at radius 1 is 1.32 bits per heavy atom. The third-order valence-corrected chi connectivity index (χ3v) is 5.05. The van der Waals surface area contributed by atoms with Crippen molar-refractivity contribution in [1.82, 2.24) is 4.90 Å². The minimum absolute atomic E-state index is 0.0597. The predicted octanol–water partition coefficient (Wildman–Crippen LogP) is 3.61. The lowest BCUT2D eigenvalue weighted by molar-refractivity contribution is 0.0594. The Labute approximate surface area is 150 Å². The Bertz CT molecular complexity index is 880. The molecule has 2 aliphatic rings. The topological polar surface area (TPSA) is 55.8 Å². The number of nitrogens with zero attached hydrogens (tertiary/aromatic N) is 1. The van der Waals surface area contributed by atoms with Crippen LogP contribution in [-0.4, -0.2) is 30.5 Å². The molecule has 0 aliphatic carbocycles. The Morgan fingerprint density at radius 3 is 2.92 bits per heavy atom. The molecule has 2 aromatic rings. The zero-order valence-corrected chi connectivity index (χ0v) is 14.4. The Hall–Kier alpha value is -2.53. The van der Waals surface area contributed by atoms with E-state index in [-0.39, 0.29) is 11.9 Å². The van der Waals surface area contributed by atoms with Crippen LogP contribution in [0.2, 0.25) is 5.02 Å². The average Bonchev–Trinajstić information content (AvgIpc) is 2.98. The molecule has 4 rings (SSSR count). The number of esters is 1. The fourth-order valence-electron chi connectivity index (χ4n) is 3.53. The fraction of sp³-hybridized carbons (Fsp3) is 0.263. The van der Waals surface area contributed by atoms with Crippen molar-refractivity contribution < 1.29 is 19.1 Å². The maximum absolute atomic E-state index is 12.9. The van der Waals surface area contributed by atoms with Gasteiger partial charge in [-0.3, -0.25) is 4.79 Å². The largest absolute Gasteiger partial charge is 0.493 e. The fourth-order valence-corrected chi connectivity index (χ4v) is 3.80. The number of fused-ring (bicyclic) bond motifs is 2. The zero-order chi connectivity index (χ0) is 17.6. The summed E-state index contributed by atoms with van der Waals surface area (Å²) in [6.07, 6.45) is 0.696. The predicted molar refractivity (Wildman–Crippen MR) is 92.0 cm³/mol. The van der Waals surface area contributed by atoms with Gasteiger partial charge in [-0.15, -0.1) is 0 Å². The highest BCUT2D eigenvalue weighted by Crippen LogP contribution is 2.41. The van der Waals surface area contributed by atoms with Crippen LogP contribution < -0.4 is 4.74 Å². The number of carbonyl (C=O) groups excluding carboxylic acids is 2. The highest BCUT2D eigenvalue weighted by molar-refractivity contribution is 6.34. The first-order chi connectivity index (χ1) is 12.1. The molecule has 0 aromatic heterocycles. The molecule has 0 unspecified atom stereocenters. The van der Waals surface area contributed by atoms with Gasteiger partial charge in [-0.1, -0.05) is 29.8 Å². The molecule has 2 aliphatic heterocycles. The maximum atomic E-state index is 12.9. The molecule has 25 heavy (non-hydrogen) atoms. The molecular weight excluding hydrogens is 342 g/mol. The summed E-state index contributed by atoms with van der Waals surface area (Å²) in [5, 5.41) is 0.485.